The number of hydrogen-bond acceptors (Lipinski definition) is 3. The molecule has 0 unspecified atom stereocenters. The van der Waals surface area contributed by atoms with E-state index in [9.17, 15) is 13.2 Å². The van der Waals surface area contributed by atoms with Crippen molar-refractivity contribution in [2.45, 2.75) is 32.6 Å². The van der Waals surface area contributed by atoms with Crippen molar-refractivity contribution in [2.24, 2.45) is 0 Å². The first-order valence-corrected chi connectivity index (χ1v) is 10.3. The van der Waals surface area contributed by atoms with Gasteiger partial charge in [-0.05, 0) is 69.2 Å². The first kappa shape index (κ1) is 19.9. The lowest BCUT2D eigenvalue weighted by Gasteiger charge is -2.11. The van der Waals surface area contributed by atoms with Crippen molar-refractivity contribution >= 4 is 15.9 Å². The van der Waals surface area contributed by atoms with E-state index in [4.69, 9.17) is 0 Å². The molecule has 3 rings (SSSR count). The summed E-state index contributed by atoms with van der Waals surface area (Å²) in [5.41, 5.74) is 7.13. The molecule has 0 spiro atoms. The number of hydrazine groups is 1. The van der Waals surface area contributed by atoms with Crippen LogP contribution in [0.3, 0.4) is 0 Å². The van der Waals surface area contributed by atoms with Crippen LogP contribution in [0.15, 0.2) is 59.5 Å². The Balaban J connectivity index is 1.81. The number of aromatic nitrogens is 1. The molecule has 1 heterocycles. The topological polar surface area (TPSA) is 80.2 Å². The van der Waals surface area contributed by atoms with Gasteiger partial charge in [0.15, 0.2) is 0 Å². The van der Waals surface area contributed by atoms with Crippen LogP contribution in [0.1, 0.15) is 32.9 Å². The van der Waals surface area contributed by atoms with Crippen molar-refractivity contribution in [2.75, 3.05) is 0 Å². The van der Waals surface area contributed by atoms with E-state index in [1.54, 1.807) is 18.2 Å². The summed E-state index contributed by atoms with van der Waals surface area (Å²) in [6.07, 6.45) is 0. The summed E-state index contributed by atoms with van der Waals surface area (Å²) >= 11 is 0. The molecule has 2 N–H and O–H groups in total. The summed E-state index contributed by atoms with van der Waals surface area (Å²) in [5, 5.41) is 0. The summed E-state index contributed by atoms with van der Waals surface area (Å²) in [7, 11) is -3.86. The first-order valence-electron chi connectivity index (χ1n) is 8.84. The molecule has 0 aliphatic heterocycles. The van der Waals surface area contributed by atoms with Crippen molar-refractivity contribution in [3.8, 4) is 5.69 Å². The molecule has 0 atom stereocenters. The molecule has 0 saturated heterocycles. The van der Waals surface area contributed by atoms with Crippen LogP contribution in [0.2, 0.25) is 0 Å². The summed E-state index contributed by atoms with van der Waals surface area (Å²) in [6, 6.07) is 16.2. The number of hydrogen-bond donors (Lipinski definition) is 2. The van der Waals surface area contributed by atoms with Crippen LogP contribution >= 0.6 is 0 Å². The highest BCUT2D eigenvalue weighted by atomic mass is 32.2. The number of para-hydroxylation sites is 1. The van der Waals surface area contributed by atoms with Gasteiger partial charge in [0.25, 0.3) is 15.9 Å². The molecule has 1 amide bonds. The van der Waals surface area contributed by atoms with Crippen molar-refractivity contribution in [1.82, 2.24) is 14.8 Å². The first-order chi connectivity index (χ1) is 13.2. The third-order valence-electron chi connectivity index (χ3n) is 4.78. The molecule has 146 valence electrons. The minimum atomic E-state index is -3.86. The van der Waals surface area contributed by atoms with Crippen molar-refractivity contribution < 1.29 is 13.2 Å². The molecule has 0 aliphatic rings. The lowest BCUT2D eigenvalue weighted by Crippen LogP contribution is -2.41. The zero-order valence-corrected chi connectivity index (χ0v) is 17.1. The van der Waals surface area contributed by atoms with Crippen LogP contribution in [-0.4, -0.2) is 18.9 Å². The summed E-state index contributed by atoms with van der Waals surface area (Å²) in [5.74, 6) is -0.511. The van der Waals surface area contributed by atoms with Crippen LogP contribution in [0.5, 0.6) is 0 Å². The van der Waals surface area contributed by atoms with E-state index in [-0.39, 0.29) is 4.90 Å². The highest BCUT2D eigenvalue weighted by molar-refractivity contribution is 7.89. The summed E-state index contributed by atoms with van der Waals surface area (Å²) in [6.45, 7) is 7.47. The van der Waals surface area contributed by atoms with Gasteiger partial charge < -0.3 is 4.57 Å². The van der Waals surface area contributed by atoms with Crippen molar-refractivity contribution in [3.63, 3.8) is 0 Å². The van der Waals surface area contributed by atoms with E-state index < -0.39 is 15.9 Å². The third-order valence-corrected chi connectivity index (χ3v) is 6.02. The molecule has 1 aromatic heterocycles. The monoisotopic (exact) mass is 397 g/mol. The smallest absolute Gasteiger partial charge is 0.268 e. The molecule has 28 heavy (non-hydrogen) atoms. The quantitative estimate of drug-likeness (QED) is 0.648. The molecule has 0 radical (unpaired) electrons. The van der Waals surface area contributed by atoms with Gasteiger partial charge in [-0.15, -0.1) is 4.83 Å². The number of nitrogens with one attached hydrogen (secondary N) is 2. The number of amides is 1. The number of nitrogens with zero attached hydrogens (tertiary/aromatic N) is 1. The van der Waals surface area contributed by atoms with Gasteiger partial charge in [0, 0.05) is 17.1 Å². The van der Waals surface area contributed by atoms with Crippen LogP contribution in [0, 0.1) is 27.7 Å². The largest absolute Gasteiger partial charge is 0.318 e. The lowest BCUT2D eigenvalue weighted by molar-refractivity contribution is 0.0944. The number of carbonyl (C=O) groups is 1. The fourth-order valence-electron chi connectivity index (χ4n) is 3.09. The Morgan fingerprint density at radius 3 is 2.21 bits per heavy atom. The van der Waals surface area contributed by atoms with Gasteiger partial charge in [-0.3, -0.25) is 10.2 Å². The maximum absolute atomic E-state index is 12.6. The van der Waals surface area contributed by atoms with E-state index in [0.29, 0.717) is 5.56 Å². The van der Waals surface area contributed by atoms with Crippen LogP contribution in [-0.2, 0) is 10.0 Å². The SMILES string of the molecule is Cc1ccc(S(=O)(=O)NNC(=O)c2cc(C)n(-c3ccccc3)c2C)cc1C. The number of benzene rings is 2. The van der Waals surface area contributed by atoms with E-state index in [1.165, 1.54) is 6.07 Å². The van der Waals surface area contributed by atoms with Gasteiger partial charge in [0.05, 0.1) is 10.5 Å². The molecular weight excluding hydrogens is 374 g/mol. The molecule has 0 saturated carbocycles. The second-order valence-corrected chi connectivity index (χ2v) is 8.44. The van der Waals surface area contributed by atoms with Crippen LogP contribution in [0.4, 0.5) is 0 Å². The third kappa shape index (κ3) is 3.85. The molecule has 0 aliphatic carbocycles. The fourth-order valence-corrected chi connectivity index (χ4v) is 4.01. The lowest BCUT2D eigenvalue weighted by atomic mass is 10.1. The number of rotatable bonds is 5. The van der Waals surface area contributed by atoms with Gasteiger partial charge in [0.1, 0.15) is 0 Å². The Morgan fingerprint density at radius 2 is 1.57 bits per heavy atom. The number of aryl methyl sites for hydroxylation is 3. The van der Waals surface area contributed by atoms with Crippen LogP contribution < -0.4 is 10.3 Å². The summed E-state index contributed by atoms with van der Waals surface area (Å²) in [4.78, 5) is 14.9. The van der Waals surface area contributed by atoms with Crippen LogP contribution in [0.25, 0.3) is 5.69 Å². The van der Waals surface area contributed by atoms with Gasteiger partial charge >= 0.3 is 0 Å². The molecule has 7 heteroatoms. The average Bonchev–Trinajstić information content (AvgIpc) is 2.97. The Hall–Kier alpha value is -2.90. The molecule has 0 bridgehead atoms. The molecule has 2 aromatic carbocycles. The maximum atomic E-state index is 12.6. The van der Waals surface area contributed by atoms with Gasteiger partial charge in [-0.1, -0.05) is 24.3 Å². The second kappa shape index (κ2) is 7.61. The van der Waals surface area contributed by atoms with Crippen molar-refractivity contribution in [1.29, 1.82) is 0 Å². The van der Waals surface area contributed by atoms with Gasteiger partial charge in [0.2, 0.25) is 0 Å². The van der Waals surface area contributed by atoms with E-state index in [0.717, 1.165) is 28.2 Å². The zero-order valence-electron chi connectivity index (χ0n) is 16.3. The van der Waals surface area contributed by atoms with Crippen molar-refractivity contribution in [3.05, 3.63) is 82.7 Å². The van der Waals surface area contributed by atoms with E-state index in [2.05, 4.69) is 10.3 Å². The fraction of sp³-hybridized carbons (Fsp3) is 0.190. The highest BCUT2D eigenvalue weighted by Gasteiger charge is 2.20. The number of sulfonamides is 1. The average molecular weight is 398 g/mol. The maximum Gasteiger partial charge on any atom is 0.268 e. The minimum Gasteiger partial charge on any atom is -0.318 e. The predicted molar refractivity (Wildman–Crippen MR) is 109 cm³/mol. The Labute approximate surface area is 165 Å². The molecule has 0 fully saturated rings. The zero-order chi connectivity index (χ0) is 20.5. The van der Waals surface area contributed by atoms with Gasteiger partial charge in [-0.2, -0.15) is 0 Å². The summed E-state index contributed by atoms with van der Waals surface area (Å²) < 4.78 is 26.9. The predicted octanol–water partition coefficient (Wildman–Crippen LogP) is 3.33. The Kier molecular flexibility index (Phi) is 5.40. The van der Waals surface area contributed by atoms with Gasteiger partial charge in [-0.25, -0.2) is 8.42 Å². The Morgan fingerprint density at radius 1 is 0.893 bits per heavy atom. The standard InChI is InChI=1S/C21H23N3O3S/c1-14-10-11-19(12-15(14)2)28(26,27)23-22-21(25)20-13-16(3)24(17(20)4)18-8-6-5-7-9-18/h5-13,23H,1-4H3,(H,22,25). The minimum absolute atomic E-state index is 0.102. The molecule has 3 aromatic rings. The Bertz CT molecular complexity index is 1130. The number of carbonyl (C=O) groups excluding carboxylic acids is 1. The van der Waals surface area contributed by atoms with E-state index >= 15 is 0 Å². The highest BCUT2D eigenvalue weighted by Crippen LogP contribution is 2.20. The molecule has 6 nitrogen and oxygen atoms in total. The second-order valence-electron chi connectivity index (χ2n) is 6.76. The van der Waals surface area contributed by atoms with E-state index in [1.807, 2.05) is 62.6 Å². The molecular formula is C21H23N3O3S. The normalized spacial score (nSPS) is 11.4.